The zero-order valence-electron chi connectivity index (χ0n) is 9.89. The van der Waals surface area contributed by atoms with Crippen molar-refractivity contribution >= 4 is 0 Å². The molecule has 0 aromatic heterocycles. The zero-order valence-corrected chi connectivity index (χ0v) is 9.89. The summed E-state index contributed by atoms with van der Waals surface area (Å²) in [5.74, 6) is 0. The Morgan fingerprint density at radius 2 is 1.43 bits per heavy atom. The van der Waals surface area contributed by atoms with Crippen LogP contribution in [-0.2, 0) is 0 Å². The molecule has 2 fully saturated rings. The van der Waals surface area contributed by atoms with Gasteiger partial charge in [-0.05, 0) is 46.1 Å². The molecule has 82 valence electrons. The summed E-state index contributed by atoms with van der Waals surface area (Å²) >= 11 is 0. The summed E-state index contributed by atoms with van der Waals surface area (Å²) in [5, 5.41) is 0. The number of hydrogen-bond donors (Lipinski definition) is 0. The molecule has 0 bridgehead atoms. The van der Waals surface area contributed by atoms with Crippen molar-refractivity contribution in [3.63, 3.8) is 0 Å². The number of rotatable bonds is 1. The molecular formula is C13H25N. The second-order valence-electron chi connectivity index (χ2n) is 5.53. The highest BCUT2D eigenvalue weighted by Crippen LogP contribution is 2.42. The van der Waals surface area contributed by atoms with E-state index in [1.54, 1.807) is 0 Å². The Morgan fingerprint density at radius 3 is 2.00 bits per heavy atom. The van der Waals surface area contributed by atoms with Gasteiger partial charge >= 0.3 is 0 Å². The van der Waals surface area contributed by atoms with E-state index >= 15 is 0 Å². The molecule has 1 spiro atoms. The molecule has 1 saturated carbocycles. The Balaban J connectivity index is 2.14. The van der Waals surface area contributed by atoms with Crippen molar-refractivity contribution in [2.45, 2.75) is 76.8 Å². The van der Waals surface area contributed by atoms with E-state index in [1.807, 2.05) is 0 Å². The third kappa shape index (κ3) is 1.84. The van der Waals surface area contributed by atoms with Gasteiger partial charge in [0.2, 0.25) is 0 Å². The molecule has 0 amide bonds. The zero-order chi connectivity index (χ0) is 10.0. The van der Waals surface area contributed by atoms with Gasteiger partial charge in [0, 0.05) is 11.6 Å². The van der Waals surface area contributed by atoms with Crippen LogP contribution in [0.1, 0.15) is 65.2 Å². The van der Waals surface area contributed by atoms with E-state index in [2.05, 4.69) is 18.7 Å². The average Bonchev–Trinajstić information content (AvgIpc) is 2.48. The first kappa shape index (κ1) is 10.5. The fourth-order valence-electron chi connectivity index (χ4n) is 3.67. The summed E-state index contributed by atoms with van der Waals surface area (Å²) < 4.78 is 0. The minimum absolute atomic E-state index is 0.630. The van der Waals surface area contributed by atoms with E-state index < -0.39 is 0 Å². The third-order valence-corrected chi connectivity index (χ3v) is 4.31. The van der Waals surface area contributed by atoms with Crippen LogP contribution in [0.3, 0.4) is 0 Å². The van der Waals surface area contributed by atoms with Gasteiger partial charge in [0.25, 0.3) is 0 Å². The van der Waals surface area contributed by atoms with Crippen molar-refractivity contribution in [1.29, 1.82) is 0 Å². The second kappa shape index (κ2) is 4.22. The molecule has 1 aliphatic heterocycles. The molecule has 1 aliphatic carbocycles. The van der Waals surface area contributed by atoms with Crippen LogP contribution in [0.2, 0.25) is 0 Å². The van der Waals surface area contributed by atoms with Gasteiger partial charge in [-0.15, -0.1) is 0 Å². The maximum absolute atomic E-state index is 2.83. The number of hydrogen-bond acceptors (Lipinski definition) is 1. The molecule has 2 aliphatic rings. The average molecular weight is 195 g/mol. The SMILES string of the molecule is CC(C)N1CCCCCC12CCCC2. The molecule has 0 unspecified atom stereocenters. The molecule has 1 heteroatoms. The van der Waals surface area contributed by atoms with Gasteiger partial charge in [0.15, 0.2) is 0 Å². The van der Waals surface area contributed by atoms with E-state index in [-0.39, 0.29) is 0 Å². The number of nitrogens with zero attached hydrogens (tertiary/aromatic N) is 1. The molecule has 0 atom stereocenters. The van der Waals surface area contributed by atoms with Crippen molar-refractivity contribution in [1.82, 2.24) is 4.90 Å². The normalized spacial score (nSPS) is 28.5. The lowest BCUT2D eigenvalue weighted by Gasteiger charge is -2.43. The fraction of sp³-hybridized carbons (Fsp3) is 1.00. The summed E-state index contributed by atoms with van der Waals surface area (Å²) in [7, 11) is 0. The lowest BCUT2D eigenvalue weighted by Crippen LogP contribution is -2.49. The van der Waals surface area contributed by atoms with Crippen molar-refractivity contribution in [3.05, 3.63) is 0 Å². The largest absolute Gasteiger partial charge is 0.295 e. The first-order valence-electron chi connectivity index (χ1n) is 6.51. The first-order valence-corrected chi connectivity index (χ1v) is 6.51. The smallest absolute Gasteiger partial charge is 0.0212 e. The molecule has 0 aromatic carbocycles. The van der Waals surface area contributed by atoms with Crippen LogP contribution in [-0.4, -0.2) is 23.0 Å². The molecule has 14 heavy (non-hydrogen) atoms. The predicted molar refractivity (Wildman–Crippen MR) is 61.5 cm³/mol. The molecule has 0 radical (unpaired) electrons. The Labute approximate surface area is 88.9 Å². The fourth-order valence-corrected chi connectivity index (χ4v) is 3.67. The molecule has 0 aromatic rings. The summed E-state index contributed by atoms with van der Waals surface area (Å²) in [6.45, 7) is 6.12. The first-order chi connectivity index (χ1) is 6.75. The highest BCUT2D eigenvalue weighted by atomic mass is 15.2. The molecule has 2 rings (SSSR count). The van der Waals surface area contributed by atoms with Crippen molar-refractivity contribution < 1.29 is 0 Å². The van der Waals surface area contributed by atoms with E-state index in [1.165, 1.54) is 57.9 Å². The van der Waals surface area contributed by atoms with E-state index in [4.69, 9.17) is 0 Å². The van der Waals surface area contributed by atoms with Crippen LogP contribution in [0.25, 0.3) is 0 Å². The van der Waals surface area contributed by atoms with Gasteiger partial charge in [-0.25, -0.2) is 0 Å². The quantitative estimate of drug-likeness (QED) is 0.618. The number of likely N-dealkylation sites (tertiary alicyclic amines) is 1. The van der Waals surface area contributed by atoms with Crippen LogP contribution in [0.4, 0.5) is 0 Å². The standard InChI is InChI=1S/C13H25N/c1-12(2)14-11-7-3-4-8-13(14)9-5-6-10-13/h12H,3-11H2,1-2H3. The Kier molecular flexibility index (Phi) is 3.16. The van der Waals surface area contributed by atoms with E-state index in [0.29, 0.717) is 5.54 Å². The van der Waals surface area contributed by atoms with Crippen LogP contribution in [0.5, 0.6) is 0 Å². The predicted octanol–water partition coefficient (Wildman–Crippen LogP) is 3.58. The van der Waals surface area contributed by atoms with Crippen LogP contribution >= 0.6 is 0 Å². The second-order valence-corrected chi connectivity index (χ2v) is 5.53. The lowest BCUT2D eigenvalue weighted by atomic mass is 9.89. The van der Waals surface area contributed by atoms with Crippen LogP contribution in [0, 0.1) is 0 Å². The van der Waals surface area contributed by atoms with Crippen LogP contribution in [0.15, 0.2) is 0 Å². The maximum Gasteiger partial charge on any atom is 0.0212 e. The topological polar surface area (TPSA) is 3.24 Å². The van der Waals surface area contributed by atoms with Crippen molar-refractivity contribution in [2.24, 2.45) is 0 Å². The summed E-state index contributed by atoms with van der Waals surface area (Å²) in [4.78, 5) is 2.83. The summed E-state index contributed by atoms with van der Waals surface area (Å²) in [6, 6.07) is 0.756. The van der Waals surface area contributed by atoms with Crippen molar-refractivity contribution in [2.75, 3.05) is 6.54 Å². The lowest BCUT2D eigenvalue weighted by molar-refractivity contribution is 0.0618. The Hall–Kier alpha value is -0.0400. The van der Waals surface area contributed by atoms with Crippen LogP contribution < -0.4 is 0 Å². The highest BCUT2D eigenvalue weighted by molar-refractivity contribution is 4.97. The molecular weight excluding hydrogens is 170 g/mol. The van der Waals surface area contributed by atoms with E-state index in [0.717, 1.165) is 6.04 Å². The Bertz CT molecular complexity index is 180. The molecule has 1 heterocycles. The molecule has 1 saturated heterocycles. The van der Waals surface area contributed by atoms with Gasteiger partial charge in [-0.1, -0.05) is 25.7 Å². The minimum Gasteiger partial charge on any atom is -0.295 e. The van der Waals surface area contributed by atoms with Gasteiger partial charge in [0.1, 0.15) is 0 Å². The molecule has 0 N–H and O–H groups in total. The minimum atomic E-state index is 0.630. The van der Waals surface area contributed by atoms with Gasteiger partial charge in [-0.2, -0.15) is 0 Å². The maximum atomic E-state index is 2.83. The Morgan fingerprint density at radius 1 is 0.857 bits per heavy atom. The molecule has 1 nitrogen and oxygen atoms in total. The third-order valence-electron chi connectivity index (χ3n) is 4.31. The van der Waals surface area contributed by atoms with Gasteiger partial charge in [-0.3, -0.25) is 4.90 Å². The highest BCUT2D eigenvalue weighted by Gasteiger charge is 2.40. The van der Waals surface area contributed by atoms with Gasteiger partial charge in [0.05, 0.1) is 0 Å². The monoisotopic (exact) mass is 195 g/mol. The van der Waals surface area contributed by atoms with Crippen molar-refractivity contribution in [3.8, 4) is 0 Å². The summed E-state index contributed by atoms with van der Waals surface area (Å²) in [6.07, 6.45) is 11.8. The van der Waals surface area contributed by atoms with Gasteiger partial charge < -0.3 is 0 Å². The summed E-state index contributed by atoms with van der Waals surface area (Å²) in [5.41, 5.74) is 0.630. The van der Waals surface area contributed by atoms with E-state index in [9.17, 15) is 0 Å².